The molecule has 17 heavy (non-hydrogen) atoms. The van der Waals surface area contributed by atoms with Crippen LogP contribution in [0.15, 0.2) is 30.5 Å². The molecular formula is C13H16N2S2. The van der Waals surface area contributed by atoms with Crippen molar-refractivity contribution in [3.63, 3.8) is 0 Å². The first-order chi connectivity index (χ1) is 8.22. The van der Waals surface area contributed by atoms with Crippen LogP contribution >= 0.6 is 24.0 Å². The van der Waals surface area contributed by atoms with Crippen LogP contribution in [0.4, 0.5) is 0 Å². The quantitative estimate of drug-likeness (QED) is 0.665. The van der Waals surface area contributed by atoms with Crippen LogP contribution in [0.2, 0.25) is 0 Å². The van der Waals surface area contributed by atoms with Gasteiger partial charge in [-0.3, -0.25) is 0 Å². The lowest BCUT2D eigenvalue weighted by atomic mass is 10.1. The van der Waals surface area contributed by atoms with E-state index in [0.29, 0.717) is 4.99 Å². The average molecular weight is 264 g/mol. The molecule has 1 heterocycles. The molecule has 0 unspecified atom stereocenters. The highest BCUT2D eigenvalue weighted by molar-refractivity contribution is 7.98. The fourth-order valence-electron chi connectivity index (χ4n) is 1.91. The maximum Gasteiger partial charge on any atom is 0.104 e. The zero-order valence-corrected chi connectivity index (χ0v) is 11.5. The molecule has 0 amide bonds. The van der Waals surface area contributed by atoms with E-state index in [-0.39, 0.29) is 0 Å². The number of hydrogen-bond acceptors (Lipinski definition) is 2. The molecule has 0 atom stereocenters. The second-order valence-corrected chi connectivity index (χ2v) is 5.42. The van der Waals surface area contributed by atoms with E-state index < -0.39 is 0 Å². The zero-order chi connectivity index (χ0) is 12.3. The molecule has 90 valence electrons. The Bertz CT molecular complexity index is 531. The molecule has 0 aliphatic rings. The summed E-state index contributed by atoms with van der Waals surface area (Å²) in [6.07, 6.45) is 5.45. The zero-order valence-electron chi connectivity index (χ0n) is 9.85. The molecule has 0 radical (unpaired) electrons. The second-order valence-electron chi connectivity index (χ2n) is 3.99. The molecule has 2 nitrogen and oxygen atoms in total. The van der Waals surface area contributed by atoms with Gasteiger partial charge in [-0.25, -0.2) is 0 Å². The van der Waals surface area contributed by atoms with Gasteiger partial charge in [0.1, 0.15) is 4.99 Å². The average Bonchev–Trinajstić information content (AvgIpc) is 2.72. The maximum atomic E-state index is 5.66. The molecule has 2 rings (SSSR count). The monoisotopic (exact) mass is 264 g/mol. The van der Waals surface area contributed by atoms with Crippen molar-refractivity contribution >= 4 is 39.9 Å². The molecule has 0 bridgehead atoms. The van der Waals surface area contributed by atoms with Crippen LogP contribution in [-0.4, -0.2) is 21.6 Å². The van der Waals surface area contributed by atoms with Crippen LogP contribution in [0.5, 0.6) is 0 Å². The third kappa shape index (κ3) is 2.82. The first-order valence-corrected chi connectivity index (χ1v) is 7.40. The lowest BCUT2D eigenvalue weighted by molar-refractivity contribution is 0.709. The minimum absolute atomic E-state index is 0.462. The summed E-state index contributed by atoms with van der Waals surface area (Å²) in [6.45, 7) is 1.05. The molecule has 0 aliphatic heterocycles. The Labute approximate surface area is 111 Å². The Morgan fingerprint density at radius 2 is 2.24 bits per heavy atom. The third-order valence-electron chi connectivity index (χ3n) is 2.81. The maximum absolute atomic E-state index is 5.66. The van der Waals surface area contributed by atoms with Crippen molar-refractivity contribution in [1.29, 1.82) is 0 Å². The van der Waals surface area contributed by atoms with E-state index in [1.807, 2.05) is 17.8 Å². The molecule has 0 spiro atoms. The SMILES string of the molecule is CSCCCn1ccc2ccc(C(N)=S)cc21. The summed E-state index contributed by atoms with van der Waals surface area (Å²) in [5, 5.41) is 1.24. The van der Waals surface area contributed by atoms with Gasteiger partial charge in [-0.1, -0.05) is 24.4 Å². The van der Waals surface area contributed by atoms with Crippen molar-refractivity contribution in [3.05, 3.63) is 36.0 Å². The molecule has 0 saturated carbocycles. The van der Waals surface area contributed by atoms with Gasteiger partial charge in [0.25, 0.3) is 0 Å². The number of nitrogens with zero attached hydrogens (tertiary/aromatic N) is 1. The summed E-state index contributed by atoms with van der Waals surface area (Å²) in [7, 11) is 0. The lowest BCUT2D eigenvalue weighted by Crippen LogP contribution is -2.09. The van der Waals surface area contributed by atoms with Gasteiger partial charge in [0.15, 0.2) is 0 Å². The minimum Gasteiger partial charge on any atom is -0.389 e. The number of thiocarbonyl (C=S) groups is 1. The normalized spacial score (nSPS) is 10.9. The summed E-state index contributed by atoms with van der Waals surface area (Å²) in [5.41, 5.74) is 7.82. The van der Waals surface area contributed by atoms with Gasteiger partial charge in [-0.15, -0.1) is 0 Å². The fraction of sp³-hybridized carbons (Fsp3) is 0.308. The Balaban J connectivity index is 2.30. The van der Waals surface area contributed by atoms with Crippen molar-refractivity contribution in [2.75, 3.05) is 12.0 Å². The van der Waals surface area contributed by atoms with Crippen LogP contribution in [0.1, 0.15) is 12.0 Å². The molecule has 2 N–H and O–H groups in total. The van der Waals surface area contributed by atoms with E-state index in [0.717, 1.165) is 12.1 Å². The number of thioether (sulfide) groups is 1. The van der Waals surface area contributed by atoms with Crippen molar-refractivity contribution in [1.82, 2.24) is 4.57 Å². The summed E-state index contributed by atoms with van der Waals surface area (Å²) in [6, 6.07) is 8.28. The molecule has 1 aromatic carbocycles. The minimum atomic E-state index is 0.462. The van der Waals surface area contributed by atoms with Gasteiger partial charge < -0.3 is 10.3 Å². The number of hydrogen-bond donors (Lipinski definition) is 1. The molecule has 1 aromatic heterocycles. The molecule has 0 aliphatic carbocycles. The van der Waals surface area contributed by atoms with Gasteiger partial charge in [0, 0.05) is 23.8 Å². The summed E-state index contributed by atoms with van der Waals surface area (Å²) in [4.78, 5) is 0.462. The van der Waals surface area contributed by atoms with E-state index in [9.17, 15) is 0 Å². The van der Waals surface area contributed by atoms with Crippen LogP contribution in [0.3, 0.4) is 0 Å². The highest BCUT2D eigenvalue weighted by atomic mass is 32.2. The molecule has 4 heteroatoms. The molecule has 0 fully saturated rings. The number of aromatic nitrogens is 1. The number of aryl methyl sites for hydroxylation is 1. The number of benzene rings is 1. The topological polar surface area (TPSA) is 30.9 Å². The molecular weight excluding hydrogens is 248 g/mol. The standard InChI is InChI=1S/C13H16N2S2/c1-17-8-2-6-15-7-5-10-3-4-11(13(14)16)9-12(10)15/h3-5,7,9H,2,6,8H2,1H3,(H2,14,16). The van der Waals surface area contributed by atoms with E-state index in [2.05, 4.69) is 35.2 Å². The summed E-state index contributed by atoms with van der Waals surface area (Å²) < 4.78 is 2.27. The highest BCUT2D eigenvalue weighted by Gasteiger charge is 2.03. The van der Waals surface area contributed by atoms with Gasteiger partial charge in [-0.2, -0.15) is 11.8 Å². The lowest BCUT2D eigenvalue weighted by Gasteiger charge is -2.06. The largest absolute Gasteiger partial charge is 0.389 e. The second kappa shape index (κ2) is 5.56. The van der Waals surface area contributed by atoms with Gasteiger partial charge in [0.2, 0.25) is 0 Å². The smallest absolute Gasteiger partial charge is 0.104 e. The van der Waals surface area contributed by atoms with Crippen molar-refractivity contribution in [2.45, 2.75) is 13.0 Å². The summed E-state index contributed by atoms with van der Waals surface area (Å²) >= 11 is 6.90. The Kier molecular flexibility index (Phi) is 4.07. The molecule has 0 saturated heterocycles. The number of rotatable bonds is 5. The first kappa shape index (κ1) is 12.5. The van der Waals surface area contributed by atoms with Crippen LogP contribution < -0.4 is 5.73 Å². The van der Waals surface area contributed by atoms with Gasteiger partial charge in [-0.05, 0) is 35.9 Å². The molecule has 2 aromatic rings. The Morgan fingerprint density at radius 1 is 1.41 bits per heavy atom. The van der Waals surface area contributed by atoms with Crippen molar-refractivity contribution in [3.8, 4) is 0 Å². The predicted octanol–water partition coefficient (Wildman–Crippen LogP) is 3.03. The number of fused-ring (bicyclic) bond motifs is 1. The predicted molar refractivity (Wildman–Crippen MR) is 80.8 cm³/mol. The number of nitrogens with two attached hydrogens (primary N) is 1. The van der Waals surface area contributed by atoms with Crippen LogP contribution in [0.25, 0.3) is 10.9 Å². The fourth-order valence-corrected chi connectivity index (χ4v) is 2.46. The van der Waals surface area contributed by atoms with Crippen molar-refractivity contribution < 1.29 is 0 Å². The third-order valence-corrected chi connectivity index (χ3v) is 3.74. The van der Waals surface area contributed by atoms with E-state index in [1.165, 1.54) is 23.1 Å². The first-order valence-electron chi connectivity index (χ1n) is 5.60. The van der Waals surface area contributed by atoms with E-state index >= 15 is 0 Å². The van der Waals surface area contributed by atoms with E-state index in [4.69, 9.17) is 18.0 Å². The van der Waals surface area contributed by atoms with Gasteiger partial charge in [0.05, 0.1) is 0 Å². The van der Waals surface area contributed by atoms with E-state index in [1.54, 1.807) is 0 Å². The van der Waals surface area contributed by atoms with Crippen molar-refractivity contribution in [2.24, 2.45) is 5.73 Å². The Hall–Kier alpha value is -1.00. The Morgan fingerprint density at radius 3 is 2.94 bits per heavy atom. The van der Waals surface area contributed by atoms with Crippen LogP contribution in [0, 0.1) is 0 Å². The van der Waals surface area contributed by atoms with Crippen LogP contribution in [-0.2, 0) is 6.54 Å². The summed E-state index contributed by atoms with van der Waals surface area (Å²) in [5.74, 6) is 1.19. The highest BCUT2D eigenvalue weighted by Crippen LogP contribution is 2.18. The van der Waals surface area contributed by atoms with Gasteiger partial charge >= 0.3 is 0 Å².